The summed E-state index contributed by atoms with van der Waals surface area (Å²) in [5.74, 6) is 1.09. The fraction of sp³-hybridized carbons (Fsp3) is 0.435. The highest BCUT2D eigenvalue weighted by atomic mass is 35.5. The van der Waals surface area contributed by atoms with E-state index in [1.54, 1.807) is 24.4 Å². The number of aromatic amines is 1. The number of likely N-dealkylation sites (tertiary alicyclic amines) is 1. The largest absolute Gasteiger partial charge is 0.307 e. The number of hydrogen-bond acceptors (Lipinski definition) is 4. The molecule has 1 aromatic carbocycles. The number of H-pyrrole nitrogens is 1. The fourth-order valence-electron chi connectivity index (χ4n) is 4.11. The summed E-state index contributed by atoms with van der Waals surface area (Å²) in [6, 6.07) is 11.3. The molecule has 2 aromatic heterocycles. The summed E-state index contributed by atoms with van der Waals surface area (Å²) < 4.78 is 1.93. The normalized spacial score (nSPS) is 15.5. The second-order valence-electron chi connectivity index (χ2n) is 8.58. The Labute approximate surface area is 187 Å². The molecule has 2 N–H and O–H groups in total. The number of halogens is 1. The van der Waals surface area contributed by atoms with Crippen LogP contribution in [0.2, 0.25) is 5.02 Å². The van der Waals surface area contributed by atoms with E-state index in [9.17, 15) is 4.79 Å². The summed E-state index contributed by atoms with van der Waals surface area (Å²) in [4.78, 5) is 15.1. The molecule has 3 aromatic rings. The van der Waals surface area contributed by atoms with Crippen molar-refractivity contribution in [1.29, 1.82) is 0 Å². The van der Waals surface area contributed by atoms with Crippen molar-refractivity contribution in [2.75, 3.05) is 18.4 Å². The van der Waals surface area contributed by atoms with Gasteiger partial charge < -0.3 is 5.32 Å². The standard InChI is InChI=1S/C23H29ClN6O/c1-16(2)13-17-14-18(28-27-17)15-29-11-8-19(9-12-29)30-22(7-10-25-30)26-23(31)20-5-3-4-6-21(20)24/h3-7,10,14,16,19H,8-9,11-13,15H2,1-2H3,(H,26,31)(H,27,28). The van der Waals surface area contributed by atoms with Crippen molar-refractivity contribution in [1.82, 2.24) is 24.9 Å². The van der Waals surface area contributed by atoms with Gasteiger partial charge in [0.1, 0.15) is 5.82 Å². The lowest BCUT2D eigenvalue weighted by Crippen LogP contribution is -2.35. The first-order valence-electron chi connectivity index (χ1n) is 10.8. The van der Waals surface area contributed by atoms with Crippen molar-refractivity contribution < 1.29 is 4.79 Å². The number of anilines is 1. The number of hydrogen-bond donors (Lipinski definition) is 2. The Kier molecular flexibility index (Phi) is 6.73. The smallest absolute Gasteiger partial charge is 0.258 e. The van der Waals surface area contributed by atoms with E-state index in [1.807, 2.05) is 16.8 Å². The third kappa shape index (κ3) is 5.35. The lowest BCUT2D eigenvalue weighted by Gasteiger charge is -2.32. The molecule has 1 aliphatic rings. The molecule has 1 aliphatic heterocycles. The van der Waals surface area contributed by atoms with Gasteiger partial charge in [0.15, 0.2) is 0 Å². The first-order valence-corrected chi connectivity index (χ1v) is 11.2. The number of aromatic nitrogens is 4. The maximum Gasteiger partial charge on any atom is 0.258 e. The molecular weight excluding hydrogens is 412 g/mol. The summed E-state index contributed by atoms with van der Waals surface area (Å²) in [5, 5.41) is 15.5. The van der Waals surface area contributed by atoms with Gasteiger partial charge >= 0.3 is 0 Å². The minimum absolute atomic E-state index is 0.221. The molecule has 0 radical (unpaired) electrons. The Morgan fingerprint density at radius 2 is 2.03 bits per heavy atom. The van der Waals surface area contributed by atoms with Crippen molar-refractivity contribution in [3.63, 3.8) is 0 Å². The van der Waals surface area contributed by atoms with Crippen LogP contribution in [0.25, 0.3) is 0 Å². The molecule has 164 valence electrons. The second-order valence-corrected chi connectivity index (χ2v) is 8.99. The monoisotopic (exact) mass is 440 g/mol. The quantitative estimate of drug-likeness (QED) is 0.565. The number of carbonyl (C=O) groups is 1. The van der Waals surface area contributed by atoms with Crippen LogP contribution >= 0.6 is 11.6 Å². The van der Waals surface area contributed by atoms with E-state index in [2.05, 4.69) is 45.4 Å². The maximum atomic E-state index is 12.6. The lowest BCUT2D eigenvalue weighted by atomic mass is 10.0. The Bertz CT molecular complexity index is 1020. The van der Waals surface area contributed by atoms with Crippen LogP contribution in [0.4, 0.5) is 5.82 Å². The van der Waals surface area contributed by atoms with Gasteiger partial charge in [-0.25, -0.2) is 4.68 Å². The summed E-state index contributed by atoms with van der Waals surface area (Å²) in [6.45, 7) is 7.24. The first kappa shape index (κ1) is 21.6. The van der Waals surface area contributed by atoms with Crippen LogP contribution in [0.15, 0.2) is 42.6 Å². The summed E-state index contributed by atoms with van der Waals surface area (Å²) >= 11 is 6.16. The van der Waals surface area contributed by atoms with E-state index in [4.69, 9.17) is 11.6 Å². The van der Waals surface area contributed by atoms with Gasteiger partial charge in [-0.2, -0.15) is 10.2 Å². The van der Waals surface area contributed by atoms with E-state index in [-0.39, 0.29) is 11.9 Å². The van der Waals surface area contributed by atoms with Gasteiger partial charge in [-0.3, -0.25) is 14.8 Å². The molecule has 0 spiro atoms. The molecule has 0 bridgehead atoms. The van der Waals surface area contributed by atoms with Crippen LogP contribution in [0.3, 0.4) is 0 Å². The van der Waals surface area contributed by atoms with Gasteiger partial charge in [-0.05, 0) is 43.4 Å². The average Bonchev–Trinajstić information content (AvgIpc) is 3.38. The first-order chi connectivity index (χ1) is 15.0. The summed E-state index contributed by atoms with van der Waals surface area (Å²) in [7, 11) is 0. The fourth-order valence-corrected chi connectivity index (χ4v) is 4.33. The Balaban J connectivity index is 1.33. The van der Waals surface area contributed by atoms with Crippen molar-refractivity contribution in [2.45, 2.75) is 45.7 Å². The van der Waals surface area contributed by atoms with E-state index < -0.39 is 0 Å². The van der Waals surface area contributed by atoms with E-state index >= 15 is 0 Å². The molecular formula is C23H29ClN6O. The molecule has 31 heavy (non-hydrogen) atoms. The highest BCUT2D eigenvalue weighted by Crippen LogP contribution is 2.27. The van der Waals surface area contributed by atoms with Gasteiger partial charge in [0, 0.05) is 31.4 Å². The predicted molar refractivity (Wildman–Crippen MR) is 122 cm³/mol. The number of nitrogens with one attached hydrogen (secondary N) is 2. The number of nitrogens with zero attached hydrogens (tertiary/aromatic N) is 4. The van der Waals surface area contributed by atoms with E-state index in [0.717, 1.165) is 44.6 Å². The molecule has 0 unspecified atom stereocenters. The Morgan fingerprint density at radius 3 is 2.77 bits per heavy atom. The molecule has 0 saturated carbocycles. The van der Waals surface area contributed by atoms with Crippen molar-refractivity contribution >= 4 is 23.3 Å². The minimum Gasteiger partial charge on any atom is -0.307 e. The second kappa shape index (κ2) is 9.66. The van der Waals surface area contributed by atoms with Crippen LogP contribution < -0.4 is 5.32 Å². The zero-order valence-electron chi connectivity index (χ0n) is 18.0. The van der Waals surface area contributed by atoms with Gasteiger partial charge in [0.2, 0.25) is 0 Å². The highest BCUT2D eigenvalue weighted by Gasteiger charge is 2.24. The van der Waals surface area contributed by atoms with Crippen LogP contribution in [0, 0.1) is 5.92 Å². The zero-order chi connectivity index (χ0) is 21.8. The van der Waals surface area contributed by atoms with Gasteiger partial charge in [-0.1, -0.05) is 37.6 Å². The maximum absolute atomic E-state index is 12.6. The Hall–Kier alpha value is -2.64. The van der Waals surface area contributed by atoms with E-state index in [1.165, 1.54) is 5.69 Å². The van der Waals surface area contributed by atoms with Crippen LogP contribution in [-0.2, 0) is 13.0 Å². The third-order valence-electron chi connectivity index (χ3n) is 5.63. The van der Waals surface area contributed by atoms with Gasteiger partial charge in [-0.15, -0.1) is 0 Å². The number of carbonyl (C=O) groups excluding carboxylic acids is 1. The van der Waals surface area contributed by atoms with Gasteiger partial charge in [0.05, 0.1) is 28.5 Å². The molecule has 1 saturated heterocycles. The SMILES string of the molecule is CC(C)Cc1cc(CN2CCC(n3nccc3NC(=O)c3ccccc3Cl)CC2)[nH]n1. The number of rotatable bonds is 7. The molecule has 1 fully saturated rings. The predicted octanol–water partition coefficient (Wildman–Crippen LogP) is 4.55. The third-order valence-corrected chi connectivity index (χ3v) is 5.96. The van der Waals surface area contributed by atoms with Crippen molar-refractivity contribution in [2.24, 2.45) is 5.92 Å². The van der Waals surface area contributed by atoms with Crippen LogP contribution in [0.1, 0.15) is 54.5 Å². The Morgan fingerprint density at radius 1 is 1.26 bits per heavy atom. The average molecular weight is 441 g/mol. The molecule has 1 amide bonds. The molecule has 7 nitrogen and oxygen atoms in total. The van der Waals surface area contributed by atoms with Gasteiger partial charge in [0.25, 0.3) is 5.91 Å². The van der Waals surface area contributed by atoms with Crippen molar-refractivity contribution in [3.8, 4) is 0 Å². The van der Waals surface area contributed by atoms with Crippen LogP contribution in [0.5, 0.6) is 0 Å². The summed E-state index contributed by atoms with van der Waals surface area (Å²) in [5.41, 5.74) is 2.76. The topological polar surface area (TPSA) is 78.8 Å². The molecule has 8 heteroatoms. The van der Waals surface area contributed by atoms with E-state index in [0.29, 0.717) is 22.3 Å². The van der Waals surface area contributed by atoms with Crippen molar-refractivity contribution in [3.05, 3.63) is 64.6 Å². The number of benzene rings is 1. The highest BCUT2D eigenvalue weighted by molar-refractivity contribution is 6.34. The number of piperidine rings is 1. The molecule has 4 rings (SSSR count). The lowest BCUT2D eigenvalue weighted by molar-refractivity contribution is 0.102. The van der Waals surface area contributed by atoms with Crippen LogP contribution in [-0.4, -0.2) is 43.9 Å². The number of amides is 1. The molecule has 0 atom stereocenters. The molecule has 0 aliphatic carbocycles. The zero-order valence-corrected chi connectivity index (χ0v) is 18.8. The summed E-state index contributed by atoms with van der Waals surface area (Å²) in [6.07, 6.45) is 4.68. The molecule has 3 heterocycles. The minimum atomic E-state index is -0.221.